The molecule has 0 N–H and O–H groups in total. The van der Waals surface area contributed by atoms with Crippen molar-refractivity contribution in [2.75, 3.05) is 20.2 Å². The summed E-state index contributed by atoms with van der Waals surface area (Å²) in [6.45, 7) is 3.51. The number of likely N-dealkylation sites (tertiary alicyclic amines) is 1. The van der Waals surface area contributed by atoms with E-state index in [9.17, 15) is 4.79 Å². The van der Waals surface area contributed by atoms with Crippen LogP contribution >= 0.6 is 0 Å². The zero-order valence-corrected chi connectivity index (χ0v) is 10.9. The second-order valence-corrected chi connectivity index (χ2v) is 4.47. The van der Waals surface area contributed by atoms with Crippen molar-refractivity contribution in [3.63, 3.8) is 0 Å². The first-order chi connectivity index (χ1) is 8.70. The summed E-state index contributed by atoms with van der Waals surface area (Å²) >= 11 is 0. The topological polar surface area (TPSA) is 38.8 Å². The minimum Gasteiger partial charge on any atom is -0.497 e. The van der Waals surface area contributed by atoms with Gasteiger partial charge in [0.2, 0.25) is 0 Å². The molecule has 1 amide bonds. The van der Waals surface area contributed by atoms with Crippen molar-refractivity contribution in [1.82, 2.24) is 4.90 Å². The molecular formula is C14H19NO3. The fourth-order valence-electron chi connectivity index (χ4n) is 2.10. The Hall–Kier alpha value is -1.71. The second-order valence-electron chi connectivity index (χ2n) is 4.47. The third kappa shape index (κ3) is 2.94. The number of hydrogen-bond acceptors (Lipinski definition) is 3. The number of amides is 1. The largest absolute Gasteiger partial charge is 0.497 e. The summed E-state index contributed by atoms with van der Waals surface area (Å²) in [7, 11) is 1.62. The van der Waals surface area contributed by atoms with Gasteiger partial charge >= 0.3 is 0 Å². The zero-order valence-electron chi connectivity index (χ0n) is 10.9. The van der Waals surface area contributed by atoms with Crippen molar-refractivity contribution in [3.8, 4) is 11.5 Å². The smallest absolute Gasteiger partial charge is 0.263 e. The Morgan fingerprint density at radius 3 is 2.28 bits per heavy atom. The number of benzene rings is 1. The molecule has 1 aromatic rings. The summed E-state index contributed by atoms with van der Waals surface area (Å²) in [5.41, 5.74) is 0. The van der Waals surface area contributed by atoms with Crippen LogP contribution in [0.15, 0.2) is 24.3 Å². The summed E-state index contributed by atoms with van der Waals surface area (Å²) in [5.74, 6) is 1.54. The summed E-state index contributed by atoms with van der Waals surface area (Å²) in [6.07, 6.45) is 1.76. The number of hydrogen-bond donors (Lipinski definition) is 0. The lowest BCUT2D eigenvalue weighted by molar-refractivity contribution is -0.136. The Morgan fingerprint density at radius 1 is 1.17 bits per heavy atom. The average Bonchev–Trinajstić information content (AvgIpc) is 2.92. The predicted octanol–water partition coefficient (Wildman–Crippen LogP) is 2.08. The first-order valence-corrected chi connectivity index (χ1v) is 6.30. The number of carbonyl (C=O) groups is 1. The van der Waals surface area contributed by atoms with Gasteiger partial charge < -0.3 is 14.4 Å². The van der Waals surface area contributed by atoms with Crippen LogP contribution in [0.1, 0.15) is 19.8 Å². The summed E-state index contributed by atoms with van der Waals surface area (Å²) < 4.78 is 10.7. The van der Waals surface area contributed by atoms with Crippen LogP contribution in [0.2, 0.25) is 0 Å². The molecule has 1 aromatic carbocycles. The molecule has 18 heavy (non-hydrogen) atoms. The van der Waals surface area contributed by atoms with E-state index in [1.54, 1.807) is 14.0 Å². The van der Waals surface area contributed by atoms with Crippen LogP contribution in [0.3, 0.4) is 0 Å². The Balaban J connectivity index is 1.92. The van der Waals surface area contributed by atoms with Crippen LogP contribution in [0.5, 0.6) is 11.5 Å². The lowest BCUT2D eigenvalue weighted by Gasteiger charge is -2.21. The zero-order chi connectivity index (χ0) is 13.0. The number of rotatable bonds is 4. The molecule has 1 aliphatic rings. The minimum atomic E-state index is -0.434. The van der Waals surface area contributed by atoms with Gasteiger partial charge in [-0.05, 0) is 44.0 Å². The summed E-state index contributed by atoms with van der Waals surface area (Å²) in [6, 6.07) is 7.27. The van der Waals surface area contributed by atoms with Crippen LogP contribution < -0.4 is 9.47 Å². The van der Waals surface area contributed by atoms with Crippen molar-refractivity contribution in [1.29, 1.82) is 0 Å². The Bertz CT molecular complexity index is 396. The Labute approximate surface area is 107 Å². The molecule has 98 valence electrons. The third-order valence-electron chi connectivity index (χ3n) is 3.14. The monoisotopic (exact) mass is 249 g/mol. The van der Waals surface area contributed by atoms with E-state index in [2.05, 4.69) is 0 Å². The van der Waals surface area contributed by atoms with E-state index in [1.807, 2.05) is 29.2 Å². The highest BCUT2D eigenvalue weighted by Crippen LogP contribution is 2.19. The maximum Gasteiger partial charge on any atom is 0.263 e. The van der Waals surface area contributed by atoms with Crippen LogP contribution in [-0.4, -0.2) is 37.1 Å². The normalized spacial score (nSPS) is 16.4. The van der Waals surface area contributed by atoms with Gasteiger partial charge in [0.25, 0.3) is 5.91 Å². The van der Waals surface area contributed by atoms with Crippen molar-refractivity contribution in [2.24, 2.45) is 0 Å². The van der Waals surface area contributed by atoms with Crippen LogP contribution in [-0.2, 0) is 4.79 Å². The Kier molecular flexibility index (Phi) is 4.07. The average molecular weight is 249 g/mol. The van der Waals surface area contributed by atoms with E-state index in [-0.39, 0.29) is 5.91 Å². The fourth-order valence-corrected chi connectivity index (χ4v) is 2.10. The molecule has 1 saturated heterocycles. The Morgan fingerprint density at radius 2 is 1.72 bits per heavy atom. The highest BCUT2D eigenvalue weighted by Gasteiger charge is 2.24. The molecule has 1 heterocycles. The van der Waals surface area contributed by atoms with Crippen molar-refractivity contribution >= 4 is 5.91 Å². The first-order valence-electron chi connectivity index (χ1n) is 6.30. The molecule has 4 heteroatoms. The molecule has 1 fully saturated rings. The maximum atomic E-state index is 12.0. The standard InChI is InChI=1S/C14H19NO3/c1-11(14(16)15-9-3-4-10-15)18-13-7-5-12(17-2)6-8-13/h5-8,11H,3-4,9-10H2,1-2H3. The molecule has 0 aromatic heterocycles. The molecule has 4 nitrogen and oxygen atoms in total. The van der Waals surface area contributed by atoms with Gasteiger partial charge in [0.05, 0.1) is 7.11 Å². The predicted molar refractivity (Wildman–Crippen MR) is 68.9 cm³/mol. The minimum absolute atomic E-state index is 0.0725. The van der Waals surface area contributed by atoms with Gasteiger partial charge in [-0.25, -0.2) is 0 Å². The van der Waals surface area contributed by atoms with Gasteiger partial charge in [-0.2, -0.15) is 0 Å². The fraction of sp³-hybridized carbons (Fsp3) is 0.500. The SMILES string of the molecule is COc1ccc(OC(C)C(=O)N2CCCC2)cc1. The highest BCUT2D eigenvalue weighted by molar-refractivity contribution is 5.81. The molecule has 0 saturated carbocycles. The molecule has 0 bridgehead atoms. The quantitative estimate of drug-likeness (QED) is 0.820. The highest BCUT2D eigenvalue weighted by atomic mass is 16.5. The van der Waals surface area contributed by atoms with Gasteiger partial charge in [0, 0.05) is 13.1 Å². The van der Waals surface area contributed by atoms with Gasteiger partial charge in [0.15, 0.2) is 6.10 Å². The molecule has 1 atom stereocenters. The molecule has 1 aliphatic heterocycles. The number of ether oxygens (including phenoxy) is 2. The summed E-state index contributed by atoms with van der Waals surface area (Å²) in [4.78, 5) is 13.9. The van der Waals surface area contributed by atoms with Gasteiger partial charge in [-0.15, -0.1) is 0 Å². The third-order valence-corrected chi connectivity index (χ3v) is 3.14. The van der Waals surface area contributed by atoms with E-state index in [4.69, 9.17) is 9.47 Å². The van der Waals surface area contributed by atoms with Crippen LogP contribution in [0.4, 0.5) is 0 Å². The molecule has 0 spiro atoms. The lowest BCUT2D eigenvalue weighted by Crippen LogP contribution is -2.38. The van der Waals surface area contributed by atoms with E-state index in [1.165, 1.54) is 0 Å². The van der Waals surface area contributed by atoms with Crippen molar-refractivity contribution in [2.45, 2.75) is 25.9 Å². The molecule has 0 aliphatic carbocycles. The van der Waals surface area contributed by atoms with Gasteiger partial charge in [-0.1, -0.05) is 0 Å². The van der Waals surface area contributed by atoms with E-state index < -0.39 is 6.10 Å². The molecule has 1 unspecified atom stereocenters. The van der Waals surface area contributed by atoms with Crippen LogP contribution in [0.25, 0.3) is 0 Å². The molecule has 2 rings (SSSR count). The maximum absolute atomic E-state index is 12.0. The van der Waals surface area contributed by atoms with E-state index in [0.29, 0.717) is 5.75 Å². The van der Waals surface area contributed by atoms with Gasteiger partial charge in [0.1, 0.15) is 11.5 Å². The van der Waals surface area contributed by atoms with E-state index >= 15 is 0 Å². The number of carbonyl (C=O) groups excluding carboxylic acids is 1. The van der Waals surface area contributed by atoms with Crippen molar-refractivity contribution < 1.29 is 14.3 Å². The van der Waals surface area contributed by atoms with Gasteiger partial charge in [-0.3, -0.25) is 4.79 Å². The lowest BCUT2D eigenvalue weighted by atomic mass is 10.3. The number of nitrogens with zero attached hydrogens (tertiary/aromatic N) is 1. The molecule has 0 radical (unpaired) electrons. The van der Waals surface area contributed by atoms with Crippen molar-refractivity contribution in [3.05, 3.63) is 24.3 Å². The molecular weight excluding hydrogens is 230 g/mol. The number of methoxy groups -OCH3 is 1. The summed E-state index contributed by atoms with van der Waals surface area (Å²) in [5, 5.41) is 0. The van der Waals surface area contributed by atoms with Crippen LogP contribution in [0, 0.1) is 0 Å². The van der Waals surface area contributed by atoms with E-state index in [0.717, 1.165) is 31.7 Å². The second kappa shape index (κ2) is 5.76. The first kappa shape index (κ1) is 12.7.